The fraction of sp³-hybridized carbons (Fsp3) is 0.400. The zero-order chi connectivity index (χ0) is 9.42. The largest absolute Gasteiger partial charge is 0.388 e. The van der Waals surface area contributed by atoms with Crippen LogP contribution < -0.4 is 0 Å². The number of halogens is 2. The van der Waals surface area contributed by atoms with Crippen molar-refractivity contribution in [2.75, 3.05) is 0 Å². The molecule has 1 saturated carbocycles. The van der Waals surface area contributed by atoms with Crippen LogP contribution in [0, 0.1) is 17.6 Å². The normalized spacial score (nSPS) is 18.7. The third-order valence-corrected chi connectivity index (χ3v) is 2.35. The molecule has 1 N–H and O–H groups in total. The maximum absolute atomic E-state index is 13.1. The van der Waals surface area contributed by atoms with Crippen LogP contribution in [-0.4, -0.2) is 5.11 Å². The predicted octanol–water partition coefficient (Wildman–Crippen LogP) is 2.41. The minimum absolute atomic E-state index is 0.0856. The van der Waals surface area contributed by atoms with Crippen molar-refractivity contribution in [2.45, 2.75) is 18.9 Å². The summed E-state index contributed by atoms with van der Waals surface area (Å²) < 4.78 is 25.8. The van der Waals surface area contributed by atoms with E-state index in [9.17, 15) is 13.9 Å². The molecule has 0 aliphatic heterocycles. The fourth-order valence-corrected chi connectivity index (χ4v) is 1.41. The summed E-state index contributed by atoms with van der Waals surface area (Å²) in [6.45, 7) is 0. The molecule has 0 heterocycles. The Morgan fingerprint density at radius 3 is 2.62 bits per heavy atom. The lowest BCUT2D eigenvalue weighted by Gasteiger charge is -2.10. The van der Waals surface area contributed by atoms with Crippen LogP contribution in [-0.2, 0) is 0 Å². The highest BCUT2D eigenvalue weighted by molar-refractivity contribution is 5.22. The maximum atomic E-state index is 13.1. The van der Waals surface area contributed by atoms with Gasteiger partial charge in [-0.05, 0) is 37.0 Å². The summed E-state index contributed by atoms with van der Waals surface area (Å²) in [5, 5.41) is 9.56. The second kappa shape index (κ2) is 3.07. The van der Waals surface area contributed by atoms with Crippen molar-refractivity contribution in [3.8, 4) is 0 Å². The van der Waals surface area contributed by atoms with Crippen molar-refractivity contribution in [3.05, 3.63) is 35.4 Å². The Kier molecular flexibility index (Phi) is 2.04. The van der Waals surface area contributed by atoms with E-state index in [1.807, 2.05) is 0 Å². The van der Waals surface area contributed by atoms with Gasteiger partial charge in [-0.15, -0.1) is 0 Å². The summed E-state index contributed by atoms with van der Waals surface area (Å²) in [7, 11) is 0. The molecule has 70 valence electrons. The van der Waals surface area contributed by atoms with E-state index in [0.717, 1.165) is 31.0 Å². The lowest BCUT2D eigenvalue weighted by atomic mass is 10.0. The Balaban J connectivity index is 2.31. The van der Waals surface area contributed by atoms with Gasteiger partial charge in [-0.1, -0.05) is 0 Å². The SMILES string of the molecule is OC(c1cc(F)ccc1F)C1CC1. The molecule has 0 aromatic heterocycles. The molecule has 0 spiro atoms. The molecule has 1 fully saturated rings. The van der Waals surface area contributed by atoms with Crippen molar-refractivity contribution >= 4 is 0 Å². The minimum atomic E-state index is -0.837. The number of rotatable bonds is 2. The van der Waals surface area contributed by atoms with Gasteiger partial charge in [0, 0.05) is 5.56 Å². The van der Waals surface area contributed by atoms with Gasteiger partial charge in [0.05, 0.1) is 6.10 Å². The first-order valence-electron chi connectivity index (χ1n) is 4.31. The van der Waals surface area contributed by atoms with Gasteiger partial charge in [-0.25, -0.2) is 8.78 Å². The minimum Gasteiger partial charge on any atom is -0.388 e. The Morgan fingerprint density at radius 1 is 1.31 bits per heavy atom. The molecule has 1 aliphatic carbocycles. The second-order valence-corrected chi connectivity index (χ2v) is 3.45. The Bertz CT molecular complexity index is 321. The smallest absolute Gasteiger partial charge is 0.129 e. The lowest BCUT2D eigenvalue weighted by Crippen LogP contribution is -2.03. The molecular formula is C10H10F2O. The van der Waals surface area contributed by atoms with Gasteiger partial charge < -0.3 is 5.11 Å². The van der Waals surface area contributed by atoms with Crippen LogP contribution >= 0.6 is 0 Å². The van der Waals surface area contributed by atoms with E-state index in [4.69, 9.17) is 0 Å². The molecular weight excluding hydrogens is 174 g/mol. The maximum Gasteiger partial charge on any atom is 0.129 e. The van der Waals surface area contributed by atoms with Crippen molar-refractivity contribution in [2.24, 2.45) is 5.92 Å². The third-order valence-electron chi connectivity index (χ3n) is 2.35. The molecule has 3 heteroatoms. The zero-order valence-electron chi connectivity index (χ0n) is 7.00. The molecule has 1 aliphatic rings. The number of benzene rings is 1. The molecule has 0 amide bonds. The standard InChI is InChI=1S/C10H10F2O/c11-7-3-4-9(12)8(5-7)10(13)6-1-2-6/h3-6,10,13H,1-2H2. The summed E-state index contributed by atoms with van der Waals surface area (Å²) in [5.74, 6) is -0.909. The fourth-order valence-electron chi connectivity index (χ4n) is 1.41. The van der Waals surface area contributed by atoms with Crippen LogP contribution in [0.4, 0.5) is 8.78 Å². The van der Waals surface area contributed by atoms with Crippen molar-refractivity contribution in [1.29, 1.82) is 0 Å². The summed E-state index contributed by atoms with van der Waals surface area (Å²) in [6, 6.07) is 3.17. The van der Waals surface area contributed by atoms with Crippen LogP contribution in [0.3, 0.4) is 0 Å². The molecule has 1 atom stereocenters. The van der Waals surface area contributed by atoms with Gasteiger partial charge in [0.25, 0.3) is 0 Å². The van der Waals surface area contributed by atoms with Gasteiger partial charge in [0.1, 0.15) is 11.6 Å². The third kappa shape index (κ3) is 1.70. The topological polar surface area (TPSA) is 20.2 Å². The highest BCUT2D eigenvalue weighted by Gasteiger charge is 2.32. The van der Waals surface area contributed by atoms with Gasteiger partial charge in [0.15, 0.2) is 0 Å². The van der Waals surface area contributed by atoms with E-state index in [-0.39, 0.29) is 11.5 Å². The molecule has 1 aromatic rings. The Morgan fingerprint density at radius 2 is 2.00 bits per heavy atom. The molecule has 13 heavy (non-hydrogen) atoms. The highest BCUT2D eigenvalue weighted by Crippen LogP contribution is 2.41. The second-order valence-electron chi connectivity index (χ2n) is 3.45. The number of hydrogen-bond donors (Lipinski definition) is 1. The highest BCUT2D eigenvalue weighted by atomic mass is 19.1. The molecule has 2 rings (SSSR count). The molecule has 0 radical (unpaired) electrons. The Labute approximate surface area is 75.0 Å². The van der Waals surface area contributed by atoms with Gasteiger partial charge in [-0.2, -0.15) is 0 Å². The Hall–Kier alpha value is -0.960. The zero-order valence-corrected chi connectivity index (χ0v) is 7.00. The first kappa shape index (κ1) is 8.63. The first-order chi connectivity index (χ1) is 6.18. The first-order valence-corrected chi connectivity index (χ1v) is 4.31. The van der Waals surface area contributed by atoms with Crippen LogP contribution in [0.1, 0.15) is 24.5 Å². The molecule has 0 saturated heterocycles. The molecule has 0 bridgehead atoms. The van der Waals surface area contributed by atoms with Crippen LogP contribution in [0.25, 0.3) is 0 Å². The lowest BCUT2D eigenvalue weighted by molar-refractivity contribution is 0.149. The van der Waals surface area contributed by atoms with E-state index >= 15 is 0 Å². The van der Waals surface area contributed by atoms with Gasteiger partial charge in [-0.3, -0.25) is 0 Å². The summed E-state index contributed by atoms with van der Waals surface area (Å²) in [4.78, 5) is 0. The predicted molar refractivity (Wildman–Crippen MR) is 44.0 cm³/mol. The number of aliphatic hydroxyl groups excluding tert-OH is 1. The van der Waals surface area contributed by atoms with E-state index in [0.29, 0.717) is 0 Å². The molecule has 1 unspecified atom stereocenters. The van der Waals surface area contributed by atoms with Crippen molar-refractivity contribution in [1.82, 2.24) is 0 Å². The van der Waals surface area contributed by atoms with Crippen LogP contribution in [0.15, 0.2) is 18.2 Å². The molecule has 1 aromatic carbocycles. The van der Waals surface area contributed by atoms with Crippen molar-refractivity contribution < 1.29 is 13.9 Å². The average Bonchev–Trinajstić information content (AvgIpc) is 2.91. The van der Waals surface area contributed by atoms with Crippen LogP contribution in [0.2, 0.25) is 0 Å². The quantitative estimate of drug-likeness (QED) is 0.748. The van der Waals surface area contributed by atoms with E-state index in [1.54, 1.807) is 0 Å². The average molecular weight is 184 g/mol. The monoisotopic (exact) mass is 184 g/mol. The van der Waals surface area contributed by atoms with Crippen LogP contribution in [0.5, 0.6) is 0 Å². The number of aliphatic hydroxyl groups is 1. The summed E-state index contributed by atoms with van der Waals surface area (Å²) in [6.07, 6.45) is 0.963. The molecule has 1 nitrogen and oxygen atoms in total. The van der Waals surface area contributed by atoms with Crippen molar-refractivity contribution in [3.63, 3.8) is 0 Å². The van der Waals surface area contributed by atoms with Gasteiger partial charge in [0.2, 0.25) is 0 Å². The van der Waals surface area contributed by atoms with E-state index in [1.165, 1.54) is 0 Å². The summed E-state index contributed by atoms with van der Waals surface area (Å²) in [5.41, 5.74) is 0.0856. The van der Waals surface area contributed by atoms with E-state index < -0.39 is 17.7 Å². The summed E-state index contributed by atoms with van der Waals surface area (Å²) >= 11 is 0. The van der Waals surface area contributed by atoms with E-state index in [2.05, 4.69) is 0 Å². The van der Waals surface area contributed by atoms with Gasteiger partial charge >= 0.3 is 0 Å². The number of hydrogen-bond acceptors (Lipinski definition) is 1.